The van der Waals surface area contributed by atoms with Crippen LogP contribution in [0.1, 0.15) is 18.4 Å². The van der Waals surface area contributed by atoms with Gasteiger partial charge in [-0.05, 0) is 30.4 Å². The van der Waals surface area contributed by atoms with E-state index in [1.54, 1.807) is 0 Å². The van der Waals surface area contributed by atoms with Crippen LogP contribution in [0.25, 0.3) is 0 Å². The molecule has 1 heterocycles. The van der Waals surface area contributed by atoms with Gasteiger partial charge in [-0.2, -0.15) is 0 Å². The van der Waals surface area contributed by atoms with Gasteiger partial charge in [-0.25, -0.2) is 0 Å². The van der Waals surface area contributed by atoms with Crippen molar-refractivity contribution in [2.24, 2.45) is 11.7 Å². The van der Waals surface area contributed by atoms with Crippen LogP contribution < -0.4 is 5.73 Å². The van der Waals surface area contributed by atoms with Gasteiger partial charge in [0.15, 0.2) is 0 Å². The smallest absolute Gasteiger partial charge is 0.0588 e. The van der Waals surface area contributed by atoms with E-state index in [0.717, 1.165) is 31.1 Å². The zero-order valence-electron chi connectivity index (χ0n) is 9.16. The molecule has 2 N–H and O–H groups in total. The summed E-state index contributed by atoms with van der Waals surface area (Å²) < 4.78 is 5.44. The Morgan fingerprint density at radius 2 is 1.94 bits per heavy atom. The molecule has 86 valence electrons. The molecule has 1 aromatic rings. The average molecular weight is 238 g/mol. The molecular weight excluding hydrogens is 222 g/mol. The molecule has 0 bridgehead atoms. The molecule has 1 aliphatic heterocycles. The minimum absolute atomic E-state index is 0.147. The molecule has 1 saturated carbocycles. The summed E-state index contributed by atoms with van der Waals surface area (Å²) in [4.78, 5) is 0. The Hall–Kier alpha value is -0.570. The fraction of sp³-hybridized carbons (Fsp3) is 0.538. The van der Waals surface area contributed by atoms with Crippen molar-refractivity contribution in [1.29, 1.82) is 0 Å². The zero-order chi connectivity index (χ0) is 11.2. The Labute approximate surface area is 101 Å². The van der Waals surface area contributed by atoms with E-state index in [0.29, 0.717) is 12.0 Å². The van der Waals surface area contributed by atoms with E-state index < -0.39 is 0 Å². The average Bonchev–Trinajstić information content (AvgIpc) is 2.16. The Balaban J connectivity index is 1.93. The highest BCUT2D eigenvalue weighted by Crippen LogP contribution is 2.49. The Bertz CT molecular complexity index is 397. The van der Waals surface area contributed by atoms with Gasteiger partial charge >= 0.3 is 0 Å². The number of ether oxygens (including phenoxy) is 1. The zero-order valence-corrected chi connectivity index (χ0v) is 9.91. The van der Waals surface area contributed by atoms with E-state index >= 15 is 0 Å². The van der Waals surface area contributed by atoms with Gasteiger partial charge in [-0.15, -0.1) is 0 Å². The molecule has 0 atom stereocenters. The third kappa shape index (κ3) is 1.41. The van der Waals surface area contributed by atoms with Gasteiger partial charge in [0.05, 0.1) is 13.2 Å². The van der Waals surface area contributed by atoms with Crippen molar-refractivity contribution in [1.82, 2.24) is 0 Å². The van der Waals surface area contributed by atoms with Gasteiger partial charge in [0.25, 0.3) is 0 Å². The van der Waals surface area contributed by atoms with E-state index in [9.17, 15) is 0 Å². The number of halogens is 1. The summed E-state index contributed by atoms with van der Waals surface area (Å²) in [6.07, 6.45) is 2.21. The van der Waals surface area contributed by atoms with Crippen LogP contribution in [0.4, 0.5) is 0 Å². The molecule has 3 rings (SSSR count). The SMILES string of the molecule is NC1CC(C2(c3ccccc3Cl)COC2)C1. The van der Waals surface area contributed by atoms with E-state index in [-0.39, 0.29) is 5.41 Å². The number of hydrogen-bond acceptors (Lipinski definition) is 2. The van der Waals surface area contributed by atoms with Crippen molar-refractivity contribution < 1.29 is 4.74 Å². The van der Waals surface area contributed by atoms with Crippen LogP contribution in [-0.2, 0) is 10.2 Å². The maximum absolute atomic E-state index is 6.30. The maximum atomic E-state index is 6.30. The molecule has 0 spiro atoms. The molecule has 2 nitrogen and oxygen atoms in total. The van der Waals surface area contributed by atoms with Crippen molar-refractivity contribution in [2.45, 2.75) is 24.3 Å². The second-order valence-electron chi connectivity index (χ2n) is 5.06. The van der Waals surface area contributed by atoms with Crippen LogP contribution in [0.3, 0.4) is 0 Å². The molecule has 1 saturated heterocycles. The van der Waals surface area contributed by atoms with Crippen molar-refractivity contribution in [2.75, 3.05) is 13.2 Å². The summed E-state index contributed by atoms with van der Waals surface area (Å²) in [7, 11) is 0. The summed E-state index contributed by atoms with van der Waals surface area (Å²) in [5.41, 5.74) is 7.28. The molecular formula is C13H16ClNO. The number of hydrogen-bond donors (Lipinski definition) is 1. The van der Waals surface area contributed by atoms with Crippen molar-refractivity contribution >= 4 is 11.6 Å². The lowest BCUT2D eigenvalue weighted by atomic mass is 9.59. The van der Waals surface area contributed by atoms with Crippen LogP contribution in [-0.4, -0.2) is 19.3 Å². The van der Waals surface area contributed by atoms with Gasteiger partial charge in [0, 0.05) is 16.5 Å². The Kier molecular flexibility index (Phi) is 2.46. The van der Waals surface area contributed by atoms with Crippen LogP contribution in [0.5, 0.6) is 0 Å². The van der Waals surface area contributed by atoms with Crippen LogP contribution in [0.15, 0.2) is 24.3 Å². The predicted molar refractivity (Wildman–Crippen MR) is 64.6 cm³/mol. The van der Waals surface area contributed by atoms with Crippen LogP contribution in [0, 0.1) is 5.92 Å². The van der Waals surface area contributed by atoms with E-state index in [1.807, 2.05) is 12.1 Å². The standard InChI is InChI=1S/C13H16ClNO/c14-12-4-2-1-3-11(12)13(7-16-8-13)9-5-10(15)6-9/h1-4,9-10H,5-8,15H2. The van der Waals surface area contributed by atoms with Crippen molar-refractivity contribution in [3.63, 3.8) is 0 Å². The molecule has 1 aliphatic carbocycles. The molecule has 2 aliphatic rings. The van der Waals surface area contributed by atoms with Gasteiger partial charge < -0.3 is 10.5 Å². The summed E-state index contributed by atoms with van der Waals surface area (Å²) >= 11 is 6.30. The third-order valence-corrected chi connectivity index (χ3v) is 4.42. The summed E-state index contributed by atoms with van der Waals surface area (Å²) in [5, 5.41) is 0.867. The van der Waals surface area contributed by atoms with E-state index in [2.05, 4.69) is 12.1 Å². The molecule has 3 heteroatoms. The van der Waals surface area contributed by atoms with Gasteiger partial charge in [0.1, 0.15) is 0 Å². The fourth-order valence-corrected chi connectivity index (χ4v) is 3.24. The van der Waals surface area contributed by atoms with Crippen molar-refractivity contribution in [3.05, 3.63) is 34.9 Å². The monoisotopic (exact) mass is 237 g/mol. The van der Waals surface area contributed by atoms with Crippen molar-refractivity contribution in [3.8, 4) is 0 Å². The molecule has 0 unspecified atom stereocenters. The summed E-state index contributed by atoms with van der Waals surface area (Å²) in [6, 6.07) is 8.51. The molecule has 16 heavy (non-hydrogen) atoms. The maximum Gasteiger partial charge on any atom is 0.0588 e. The first-order valence-corrected chi connectivity index (χ1v) is 6.18. The summed E-state index contributed by atoms with van der Waals surface area (Å²) in [6.45, 7) is 1.60. The molecule has 2 fully saturated rings. The molecule has 0 radical (unpaired) electrons. The minimum Gasteiger partial charge on any atom is -0.379 e. The van der Waals surface area contributed by atoms with Gasteiger partial charge in [-0.1, -0.05) is 29.8 Å². The lowest BCUT2D eigenvalue weighted by Crippen LogP contribution is -2.58. The second kappa shape index (κ2) is 3.73. The van der Waals surface area contributed by atoms with Gasteiger partial charge in [0.2, 0.25) is 0 Å². The largest absolute Gasteiger partial charge is 0.379 e. The summed E-state index contributed by atoms with van der Waals surface area (Å²) in [5.74, 6) is 0.649. The topological polar surface area (TPSA) is 35.2 Å². The number of benzene rings is 1. The lowest BCUT2D eigenvalue weighted by molar-refractivity contribution is -0.111. The van der Waals surface area contributed by atoms with E-state index in [4.69, 9.17) is 22.1 Å². The van der Waals surface area contributed by atoms with Gasteiger partial charge in [-0.3, -0.25) is 0 Å². The quantitative estimate of drug-likeness (QED) is 0.857. The Morgan fingerprint density at radius 3 is 2.44 bits per heavy atom. The van der Waals surface area contributed by atoms with Crippen LogP contribution >= 0.6 is 11.6 Å². The fourth-order valence-electron chi connectivity index (χ4n) is 2.91. The number of rotatable bonds is 2. The molecule has 0 amide bonds. The highest BCUT2D eigenvalue weighted by molar-refractivity contribution is 6.31. The Morgan fingerprint density at radius 1 is 1.25 bits per heavy atom. The second-order valence-corrected chi connectivity index (χ2v) is 5.46. The number of nitrogens with two attached hydrogens (primary N) is 1. The first-order chi connectivity index (χ1) is 7.72. The first-order valence-electron chi connectivity index (χ1n) is 5.81. The third-order valence-electron chi connectivity index (χ3n) is 4.09. The van der Waals surface area contributed by atoms with Crippen LogP contribution in [0.2, 0.25) is 5.02 Å². The predicted octanol–water partition coefficient (Wildman–Crippen LogP) is 2.35. The molecule has 1 aromatic carbocycles. The highest BCUT2D eigenvalue weighted by Gasteiger charge is 2.51. The van der Waals surface area contributed by atoms with E-state index in [1.165, 1.54) is 5.56 Å². The highest BCUT2D eigenvalue weighted by atomic mass is 35.5. The molecule has 0 aromatic heterocycles. The normalized spacial score (nSPS) is 31.6. The lowest BCUT2D eigenvalue weighted by Gasteiger charge is -2.53. The first kappa shape index (κ1) is 10.6. The minimum atomic E-state index is 0.147.